The molecule has 4 nitrogen and oxygen atoms in total. The number of carbonyl (C=O) groups is 1. The van der Waals surface area contributed by atoms with Crippen LogP contribution < -0.4 is 0 Å². The minimum absolute atomic E-state index is 0.0527. The molecule has 0 heterocycles. The summed E-state index contributed by atoms with van der Waals surface area (Å²) in [5, 5.41) is 0. The first-order valence-electron chi connectivity index (χ1n) is 4.79. The predicted molar refractivity (Wildman–Crippen MR) is 59.2 cm³/mol. The molecule has 0 saturated carbocycles. The van der Waals surface area contributed by atoms with Crippen LogP contribution in [0.5, 0.6) is 0 Å². The van der Waals surface area contributed by atoms with Crippen LogP contribution in [0.4, 0.5) is 0 Å². The Hall–Kier alpha value is -2.19. The van der Waals surface area contributed by atoms with Gasteiger partial charge in [-0.05, 0) is 18.6 Å². The van der Waals surface area contributed by atoms with Gasteiger partial charge in [-0.15, -0.1) is 0 Å². The van der Waals surface area contributed by atoms with Crippen molar-refractivity contribution >= 4 is 18.1 Å². The predicted octanol–water partition coefficient (Wildman–Crippen LogP) is 1.93. The number of isocyanates is 1. The first-order valence-corrected chi connectivity index (χ1v) is 4.79. The molecule has 4 heteroatoms. The Labute approximate surface area is 93.3 Å². The number of carbonyl (C=O) groups excluding carboxylic acids is 2. The van der Waals surface area contributed by atoms with Crippen molar-refractivity contribution in [1.82, 2.24) is 0 Å². The normalized spacial score (nSPS) is 10.4. The number of esters is 1. The third-order valence-electron chi connectivity index (χ3n) is 1.75. The van der Waals surface area contributed by atoms with Gasteiger partial charge in [-0.1, -0.05) is 30.3 Å². The summed E-state index contributed by atoms with van der Waals surface area (Å²) in [7, 11) is 0. The van der Waals surface area contributed by atoms with Gasteiger partial charge in [0.25, 0.3) is 0 Å². The molecule has 0 aliphatic carbocycles. The molecule has 0 N–H and O–H groups in total. The average Bonchev–Trinajstić information content (AvgIpc) is 2.30. The first-order chi connectivity index (χ1) is 7.77. The van der Waals surface area contributed by atoms with Crippen molar-refractivity contribution in [3.8, 4) is 0 Å². The third kappa shape index (κ3) is 3.52. The average molecular weight is 217 g/mol. The third-order valence-corrected chi connectivity index (χ3v) is 1.75. The van der Waals surface area contributed by atoms with E-state index in [-0.39, 0.29) is 12.3 Å². The number of hydrogen-bond acceptors (Lipinski definition) is 4. The maximum atomic E-state index is 11.4. The summed E-state index contributed by atoms with van der Waals surface area (Å²) >= 11 is 0. The van der Waals surface area contributed by atoms with Crippen LogP contribution >= 0.6 is 0 Å². The second-order valence-electron chi connectivity index (χ2n) is 2.86. The lowest BCUT2D eigenvalue weighted by molar-refractivity contribution is -0.138. The molecule has 1 rings (SSSR count). The molecule has 0 bridgehead atoms. The van der Waals surface area contributed by atoms with Crippen LogP contribution in [-0.2, 0) is 14.3 Å². The molecule has 0 fully saturated rings. The van der Waals surface area contributed by atoms with Gasteiger partial charge < -0.3 is 4.74 Å². The van der Waals surface area contributed by atoms with Crippen molar-refractivity contribution in [2.45, 2.75) is 6.92 Å². The molecule has 0 amide bonds. The Kier molecular flexibility index (Phi) is 4.70. The monoisotopic (exact) mass is 217 g/mol. The zero-order chi connectivity index (χ0) is 11.8. The van der Waals surface area contributed by atoms with Gasteiger partial charge in [0.15, 0.2) is 5.70 Å². The van der Waals surface area contributed by atoms with E-state index in [9.17, 15) is 9.59 Å². The fourth-order valence-electron chi connectivity index (χ4n) is 1.10. The Morgan fingerprint density at radius 2 is 2.12 bits per heavy atom. The molecule has 0 aliphatic rings. The molecule has 16 heavy (non-hydrogen) atoms. The van der Waals surface area contributed by atoms with E-state index in [0.717, 1.165) is 5.56 Å². The van der Waals surface area contributed by atoms with Crippen molar-refractivity contribution in [2.75, 3.05) is 6.61 Å². The number of nitrogens with zero attached hydrogens (tertiary/aromatic N) is 1. The van der Waals surface area contributed by atoms with Gasteiger partial charge in [-0.25, -0.2) is 9.59 Å². The van der Waals surface area contributed by atoms with E-state index < -0.39 is 5.97 Å². The SMILES string of the molecule is CCOC(=O)/C(=C\c1ccccc1)N=C=O. The van der Waals surface area contributed by atoms with Crippen LogP contribution in [0.2, 0.25) is 0 Å². The van der Waals surface area contributed by atoms with Gasteiger partial charge in [0.2, 0.25) is 6.08 Å². The summed E-state index contributed by atoms with van der Waals surface area (Å²) in [5.41, 5.74) is 0.715. The minimum atomic E-state index is -0.630. The van der Waals surface area contributed by atoms with Crippen LogP contribution in [0.25, 0.3) is 6.08 Å². The number of ether oxygens (including phenoxy) is 1. The van der Waals surface area contributed by atoms with Crippen molar-refractivity contribution < 1.29 is 14.3 Å². The number of rotatable bonds is 4. The fraction of sp³-hybridized carbons (Fsp3) is 0.167. The van der Waals surface area contributed by atoms with E-state index in [1.807, 2.05) is 18.2 Å². The van der Waals surface area contributed by atoms with Crippen LogP contribution in [0, 0.1) is 0 Å². The van der Waals surface area contributed by atoms with E-state index >= 15 is 0 Å². The minimum Gasteiger partial charge on any atom is -0.461 e. The molecule has 0 atom stereocenters. The van der Waals surface area contributed by atoms with Crippen LogP contribution in [0.3, 0.4) is 0 Å². The van der Waals surface area contributed by atoms with Crippen LogP contribution in [-0.4, -0.2) is 18.7 Å². The summed E-state index contributed by atoms with van der Waals surface area (Å²) in [6.07, 6.45) is 2.81. The van der Waals surface area contributed by atoms with E-state index in [0.29, 0.717) is 0 Å². The lowest BCUT2D eigenvalue weighted by Crippen LogP contribution is -2.05. The van der Waals surface area contributed by atoms with E-state index in [4.69, 9.17) is 4.74 Å². The molecular weight excluding hydrogens is 206 g/mol. The summed E-state index contributed by atoms with van der Waals surface area (Å²) in [6, 6.07) is 9.07. The van der Waals surface area contributed by atoms with Gasteiger partial charge >= 0.3 is 5.97 Å². The molecule has 0 unspecified atom stereocenters. The Morgan fingerprint density at radius 3 is 2.69 bits per heavy atom. The number of aliphatic imine (C=N–C) groups is 1. The summed E-state index contributed by atoms with van der Waals surface area (Å²) in [5.74, 6) is -0.630. The smallest absolute Gasteiger partial charge is 0.357 e. The van der Waals surface area contributed by atoms with Gasteiger partial charge in [0.1, 0.15) is 0 Å². The van der Waals surface area contributed by atoms with Crippen molar-refractivity contribution in [3.05, 3.63) is 41.6 Å². The quantitative estimate of drug-likeness (QED) is 0.335. The molecule has 82 valence electrons. The summed E-state index contributed by atoms with van der Waals surface area (Å²) in [4.78, 5) is 24.9. The zero-order valence-corrected chi connectivity index (χ0v) is 8.84. The largest absolute Gasteiger partial charge is 0.461 e. The molecule has 0 aromatic heterocycles. The van der Waals surface area contributed by atoms with Crippen molar-refractivity contribution in [3.63, 3.8) is 0 Å². The van der Waals surface area contributed by atoms with Gasteiger partial charge in [0.05, 0.1) is 6.61 Å². The lowest BCUT2D eigenvalue weighted by atomic mass is 10.2. The topological polar surface area (TPSA) is 55.7 Å². The van der Waals surface area contributed by atoms with Gasteiger partial charge in [-0.2, -0.15) is 4.99 Å². The van der Waals surface area contributed by atoms with Crippen LogP contribution in [0.15, 0.2) is 41.0 Å². The van der Waals surface area contributed by atoms with E-state index in [1.54, 1.807) is 19.1 Å². The lowest BCUT2D eigenvalue weighted by Gasteiger charge is -2.00. The Bertz CT molecular complexity index is 431. The maximum Gasteiger partial charge on any atom is 0.357 e. The molecule has 0 aliphatic heterocycles. The molecule has 1 aromatic carbocycles. The van der Waals surface area contributed by atoms with Gasteiger partial charge in [-0.3, -0.25) is 0 Å². The highest BCUT2D eigenvalue weighted by atomic mass is 16.5. The van der Waals surface area contributed by atoms with Crippen LogP contribution in [0.1, 0.15) is 12.5 Å². The Balaban J connectivity index is 2.98. The molecule has 0 radical (unpaired) electrons. The second-order valence-corrected chi connectivity index (χ2v) is 2.86. The highest BCUT2D eigenvalue weighted by molar-refractivity contribution is 5.94. The van der Waals surface area contributed by atoms with Crippen molar-refractivity contribution in [1.29, 1.82) is 0 Å². The molecule has 0 saturated heterocycles. The summed E-state index contributed by atoms with van der Waals surface area (Å²) < 4.78 is 4.75. The zero-order valence-electron chi connectivity index (χ0n) is 8.84. The van der Waals surface area contributed by atoms with Crippen molar-refractivity contribution in [2.24, 2.45) is 4.99 Å². The number of hydrogen-bond donors (Lipinski definition) is 0. The Morgan fingerprint density at radius 1 is 1.44 bits per heavy atom. The molecule has 1 aromatic rings. The fourth-order valence-corrected chi connectivity index (χ4v) is 1.10. The molecule has 0 spiro atoms. The van der Waals surface area contributed by atoms with E-state index in [1.165, 1.54) is 12.2 Å². The van der Waals surface area contributed by atoms with Gasteiger partial charge in [0, 0.05) is 0 Å². The maximum absolute atomic E-state index is 11.4. The molecular formula is C12H11NO3. The summed E-state index contributed by atoms with van der Waals surface area (Å²) in [6.45, 7) is 1.92. The number of benzene rings is 1. The standard InChI is InChI=1S/C12H11NO3/c1-2-16-12(15)11(13-9-14)8-10-6-4-3-5-7-10/h3-8H,2H2,1H3/b11-8+. The highest BCUT2D eigenvalue weighted by Crippen LogP contribution is 2.08. The first kappa shape index (κ1) is 11.9. The second kappa shape index (κ2) is 6.32. The van der Waals surface area contributed by atoms with E-state index in [2.05, 4.69) is 4.99 Å². The highest BCUT2D eigenvalue weighted by Gasteiger charge is 2.09.